The summed E-state index contributed by atoms with van der Waals surface area (Å²) in [6.07, 6.45) is -4.53. The molecule has 0 aliphatic heterocycles. The number of benzene rings is 2. The van der Waals surface area contributed by atoms with Crippen LogP contribution in [0, 0.1) is 0 Å². The van der Waals surface area contributed by atoms with E-state index in [2.05, 4.69) is 20.1 Å². The van der Waals surface area contributed by atoms with E-state index in [4.69, 9.17) is 23.2 Å². The Hall–Kier alpha value is -2.86. The van der Waals surface area contributed by atoms with Gasteiger partial charge in [-0.1, -0.05) is 42.5 Å². The summed E-state index contributed by atoms with van der Waals surface area (Å²) in [5.74, 6) is -1.50. The molecule has 0 spiro atoms. The van der Waals surface area contributed by atoms with Crippen molar-refractivity contribution < 1.29 is 45.4 Å². The van der Waals surface area contributed by atoms with Crippen LogP contribution in [-0.2, 0) is 0 Å². The van der Waals surface area contributed by atoms with E-state index in [1.54, 1.807) is 0 Å². The minimum Gasteiger partial charge on any atom is -0.429 e. The number of hydrogen-bond acceptors (Lipinski definition) is 4. The van der Waals surface area contributed by atoms with Gasteiger partial charge >= 0.3 is 12.2 Å². The fourth-order valence-corrected chi connectivity index (χ4v) is 3.23. The van der Waals surface area contributed by atoms with Gasteiger partial charge in [0, 0.05) is 24.2 Å². The maximum Gasteiger partial charge on any atom is 0.444 e. The lowest BCUT2D eigenvalue weighted by Gasteiger charge is -2.17. The Morgan fingerprint density at radius 1 is 0.641 bits per heavy atom. The number of alkyl halides is 8. The van der Waals surface area contributed by atoms with E-state index in [0.717, 1.165) is 43.5 Å². The van der Waals surface area contributed by atoms with Crippen LogP contribution in [0.1, 0.15) is 52.8 Å². The molecule has 0 aliphatic rings. The minimum atomic E-state index is -4.20. The maximum absolute atomic E-state index is 13.1. The van der Waals surface area contributed by atoms with E-state index in [9.17, 15) is 35.9 Å². The molecule has 0 saturated heterocycles. The maximum atomic E-state index is 13.1. The summed E-state index contributed by atoms with van der Waals surface area (Å²) in [6, 6.07) is 9.48. The average Bonchev–Trinajstić information content (AvgIpc) is 2.87. The van der Waals surface area contributed by atoms with E-state index in [1.807, 2.05) is 0 Å². The van der Waals surface area contributed by atoms with Crippen molar-refractivity contribution in [3.63, 3.8) is 0 Å². The number of carbonyl (C=O) groups excluding carboxylic acids is 2. The molecule has 2 rings (SSSR count). The first-order valence-corrected chi connectivity index (χ1v) is 12.7. The Morgan fingerprint density at radius 2 is 0.949 bits per heavy atom. The highest BCUT2D eigenvalue weighted by molar-refractivity contribution is 6.20. The molecule has 0 fully saturated rings. The predicted molar refractivity (Wildman–Crippen MR) is 133 cm³/mol. The SMILES string of the molecule is O=C(NCCCCCCCNC(=O)c1ccc(OC(F)(F)C(F)Cl)cc1)c1ccc(OC(F)(F)C(F)Cl)cc1. The molecule has 2 unspecified atom stereocenters. The van der Waals surface area contributed by atoms with Gasteiger partial charge in [0.2, 0.25) is 0 Å². The lowest BCUT2D eigenvalue weighted by molar-refractivity contribution is -0.199. The minimum absolute atomic E-state index is 0.216. The third kappa shape index (κ3) is 11.0. The van der Waals surface area contributed by atoms with Gasteiger partial charge in [-0.05, 0) is 61.4 Å². The molecular weight excluding hydrogens is 577 g/mol. The molecule has 2 amide bonds. The zero-order valence-corrected chi connectivity index (χ0v) is 21.9. The first-order valence-electron chi connectivity index (χ1n) is 11.8. The Balaban J connectivity index is 1.57. The van der Waals surface area contributed by atoms with Crippen LogP contribution in [0.2, 0.25) is 0 Å². The van der Waals surface area contributed by atoms with Crippen LogP contribution in [0.4, 0.5) is 26.3 Å². The second kappa shape index (κ2) is 15.1. The van der Waals surface area contributed by atoms with Gasteiger partial charge in [0.15, 0.2) is 0 Å². The third-order valence-electron chi connectivity index (χ3n) is 5.17. The van der Waals surface area contributed by atoms with Crippen LogP contribution in [0.25, 0.3) is 0 Å². The Morgan fingerprint density at radius 3 is 1.26 bits per heavy atom. The van der Waals surface area contributed by atoms with Crippen molar-refractivity contribution in [3.05, 3.63) is 59.7 Å². The lowest BCUT2D eigenvalue weighted by atomic mass is 10.1. The first-order chi connectivity index (χ1) is 18.3. The van der Waals surface area contributed by atoms with E-state index in [1.165, 1.54) is 24.3 Å². The smallest absolute Gasteiger partial charge is 0.429 e. The topological polar surface area (TPSA) is 76.7 Å². The molecule has 39 heavy (non-hydrogen) atoms. The standard InChI is InChI=1S/C25H26Cl2F6N2O4/c26-22(28)24(30,31)38-18-10-6-16(7-11-18)20(36)34-14-4-2-1-3-5-15-35-21(37)17-8-12-19(13-9-17)39-25(32,33)23(27)29/h6-13,22-23H,1-5,14-15H2,(H,34,36)(H,35,37). The number of halogens is 8. The summed E-state index contributed by atoms with van der Waals surface area (Å²) in [7, 11) is 0. The van der Waals surface area contributed by atoms with Gasteiger partial charge in [-0.2, -0.15) is 17.6 Å². The monoisotopic (exact) mass is 602 g/mol. The Kier molecular flexibility index (Phi) is 12.5. The van der Waals surface area contributed by atoms with E-state index < -0.39 is 35.3 Å². The van der Waals surface area contributed by atoms with E-state index in [-0.39, 0.29) is 22.6 Å². The van der Waals surface area contributed by atoms with Crippen LogP contribution >= 0.6 is 23.2 Å². The van der Waals surface area contributed by atoms with Crippen molar-refractivity contribution in [1.82, 2.24) is 10.6 Å². The summed E-state index contributed by atoms with van der Waals surface area (Å²) in [5, 5.41) is 5.40. The molecule has 6 nitrogen and oxygen atoms in total. The van der Waals surface area contributed by atoms with Crippen molar-refractivity contribution in [2.24, 2.45) is 0 Å². The predicted octanol–water partition coefficient (Wildman–Crippen LogP) is 6.81. The number of carbonyl (C=O) groups is 2. The molecule has 0 heterocycles. The number of amides is 2. The molecule has 2 N–H and O–H groups in total. The highest BCUT2D eigenvalue weighted by Gasteiger charge is 2.42. The Bertz CT molecular complexity index is 974. The molecule has 0 aliphatic carbocycles. The summed E-state index contributed by atoms with van der Waals surface area (Å²) in [6.45, 7) is 0.786. The molecule has 0 saturated carbocycles. The van der Waals surface area contributed by atoms with Crippen molar-refractivity contribution in [3.8, 4) is 11.5 Å². The normalized spacial score (nSPS) is 13.3. The zero-order valence-electron chi connectivity index (χ0n) is 20.4. The molecule has 0 radical (unpaired) electrons. The van der Waals surface area contributed by atoms with Crippen LogP contribution in [0.15, 0.2) is 48.5 Å². The average molecular weight is 603 g/mol. The molecule has 2 atom stereocenters. The summed E-state index contributed by atoms with van der Waals surface area (Å²) >= 11 is 9.45. The molecule has 2 aromatic carbocycles. The largest absolute Gasteiger partial charge is 0.444 e. The van der Waals surface area contributed by atoms with Crippen molar-refractivity contribution in [1.29, 1.82) is 0 Å². The van der Waals surface area contributed by atoms with Crippen molar-refractivity contribution in [2.45, 2.75) is 55.6 Å². The van der Waals surface area contributed by atoms with Gasteiger partial charge in [0.25, 0.3) is 23.1 Å². The van der Waals surface area contributed by atoms with Crippen LogP contribution in [0.3, 0.4) is 0 Å². The number of unbranched alkanes of at least 4 members (excludes halogenated alkanes) is 4. The molecule has 2 aromatic rings. The van der Waals surface area contributed by atoms with Gasteiger partial charge in [0.1, 0.15) is 11.5 Å². The van der Waals surface area contributed by atoms with E-state index >= 15 is 0 Å². The number of rotatable bonds is 16. The van der Waals surface area contributed by atoms with Gasteiger partial charge in [0.05, 0.1) is 0 Å². The molecule has 216 valence electrons. The summed E-state index contributed by atoms with van der Waals surface area (Å²) in [4.78, 5) is 24.3. The van der Waals surface area contributed by atoms with Gasteiger partial charge in [-0.25, -0.2) is 8.78 Å². The fraction of sp³-hybridized carbons (Fsp3) is 0.440. The second-order valence-corrected chi connectivity index (χ2v) is 9.02. The second-order valence-electron chi connectivity index (χ2n) is 8.26. The van der Waals surface area contributed by atoms with Gasteiger partial charge < -0.3 is 20.1 Å². The molecule has 0 bridgehead atoms. The van der Waals surface area contributed by atoms with Crippen LogP contribution < -0.4 is 20.1 Å². The van der Waals surface area contributed by atoms with Gasteiger partial charge in [-0.15, -0.1) is 0 Å². The highest BCUT2D eigenvalue weighted by atomic mass is 35.5. The number of nitrogens with one attached hydrogen (secondary N) is 2. The lowest BCUT2D eigenvalue weighted by Crippen LogP contribution is -2.32. The molecule has 14 heteroatoms. The van der Waals surface area contributed by atoms with E-state index in [0.29, 0.717) is 25.9 Å². The molecule has 0 aromatic heterocycles. The van der Waals surface area contributed by atoms with Crippen LogP contribution in [0.5, 0.6) is 11.5 Å². The summed E-state index contributed by atoms with van der Waals surface area (Å²) in [5.41, 5.74) is -5.59. The quantitative estimate of drug-likeness (QED) is 0.126. The van der Waals surface area contributed by atoms with Crippen LogP contribution in [-0.4, -0.2) is 48.4 Å². The highest BCUT2D eigenvalue weighted by Crippen LogP contribution is 2.29. The number of hydrogen-bond donors (Lipinski definition) is 2. The first kappa shape index (κ1) is 32.4. The Labute approximate surface area is 230 Å². The third-order valence-corrected chi connectivity index (χ3v) is 5.68. The van der Waals surface area contributed by atoms with Crippen molar-refractivity contribution >= 4 is 35.0 Å². The number of ether oxygens (including phenoxy) is 2. The molecular formula is C25H26Cl2F6N2O4. The summed E-state index contributed by atoms with van der Waals surface area (Å²) < 4.78 is 86.1. The fourth-order valence-electron chi connectivity index (χ4n) is 3.14. The van der Waals surface area contributed by atoms with Gasteiger partial charge in [-0.3, -0.25) is 9.59 Å². The van der Waals surface area contributed by atoms with Crippen molar-refractivity contribution in [2.75, 3.05) is 13.1 Å². The zero-order chi connectivity index (χ0) is 29.1.